The molecular formula is C46H60ClF6N9O2S. The summed E-state index contributed by atoms with van der Waals surface area (Å²) in [6, 6.07) is 24.1. The Labute approximate surface area is 387 Å². The lowest BCUT2D eigenvalue weighted by molar-refractivity contribution is -0.384. The monoisotopic (exact) mass is 951 g/mol. The predicted molar refractivity (Wildman–Crippen MR) is 254 cm³/mol. The van der Waals surface area contributed by atoms with E-state index in [1.165, 1.54) is 41.8 Å². The molecule has 0 saturated carbocycles. The lowest BCUT2D eigenvalue weighted by atomic mass is 10.1. The van der Waals surface area contributed by atoms with Crippen LogP contribution in [0.4, 0.5) is 54.8 Å². The topological polar surface area (TPSA) is 104 Å². The third kappa shape index (κ3) is 16.1. The van der Waals surface area contributed by atoms with Gasteiger partial charge in [-0.2, -0.15) is 26.3 Å². The number of alkyl halides is 6. The molecule has 8 rings (SSSR count). The maximum Gasteiger partial charge on any atom is 0.417 e. The zero-order valence-electron chi connectivity index (χ0n) is 36.9. The summed E-state index contributed by atoms with van der Waals surface area (Å²) in [5, 5.41) is 23.2. The average Bonchev–Trinajstić information content (AvgIpc) is 3.32. The van der Waals surface area contributed by atoms with Gasteiger partial charge in [-0.1, -0.05) is 36.7 Å². The molecular weight excluding hydrogens is 892 g/mol. The molecule has 4 aromatic carbocycles. The molecule has 4 saturated heterocycles. The molecule has 356 valence electrons. The number of thioether (sulfide) groups is 1. The van der Waals surface area contributed by atoms with E-state index in [-0.39, 0.29) is 21.2 Å². The van der Waals surface area contributed by atoms with Crippen LogP contribution in [0, 0.1) is 17.0 Å². The van der Waals surface area contributed by atoms with Crippen molar-refractivity contribution in [2.75, 3.05) is 130 Å². The van der Waals surface area contributed by atoms with Gasteiger partial charge in [-0.3, -0.25) is 10.1 Å². The van der Waals surface area contributed by atoms with Crippen molar-refractivity contribution in [3.63, 3.8) is 0 Å². The average molecular weight is 953 g/mol. The number of nitrogens with one attached hydrogen (secondary N) is 4. The second kappa shape index (κ2) is 25.4. The van der Waals surface area contributed by atoms with Crippen LogP contribution < -0.4 is 40.9 Å². The van der Waals surface area contributed by atoms with Crippen LogP contribution >= 0.6 is 23.4 Å². The summed E-state index contributed by atoms with van der Waals surface area (Å²) in [6.07, 6.45) is -7.43. The maximum absolute atomic E-state index is 12.8. The molecule has 0 unspecified atom stereocenters. The molecule has 0 radical (unpaired) electrons. The Bertz CT molecular complexity index is 1980. The highest BCUT2D eigenvalue weighted by atomic mass is 35.5. The molecule has 0 aliphatic carbocycles. The van der Waals surface area contributed by atoms with Crippen molar-refractivity contribution < 1.29 is 31.3 Å². The number of nitro groups is 1. The summed E-state index contributed by atoms with van der Waals surface area (Å²) in [6.45, 7) is 18.2. The Balaban J connectivity index is 0.000000163. The molecule has 0 atom stereocenters. The number of piperazine rings is 4. The number of nitrogens with zero attached hydrogens (tertiary/aromatic N) is 5. The van der Waals surface area contributed by atoms with Gasteiger partial charge in [0.2, 0.25) is 0 Å². The van der Waals surface area contributed by atoms with E-state index in [1.54, 1.807) is 30.3 Å². The van der Waals surface area contributed by atoms with Crippen LogP contribution in [0.2, 0.25) is 5.02 Å². The lowest BCUT2D eigenvalue weighted by Crippen LogP contribution is -2.43. The van der Waals surface area contributed by atoms with Crippen molar-refractivity contribution >= 4 is 51.8 Å². The summed E-state index contributed by atoms with van der Waals surface area (Å²) in [5.41, 5.74) is 2.83. The second-order valence-electron chi connectivity index (χ2n) is 15.7. The van der Waals surface area contributed by atoms with Gasteiger partial charge < -0.3 is 40.9 Å². The normalized spacial score (nSPS) is 16.9. The predicted octanol–water partition coefficient (Wildman–Crippen LogP) is 8.79. The number of rotatable bonds is 8. The van der Waals surface area contributed by atoms with E-state index in [1.807, 2.05) is 33.7 Å². The first-order valence-electron chi connectivity index (χ1n) is 22.0. The summed E-state index contributed by atoms with van der Waals surface area (Å²) in [7, 11) is 0. The number of hydrogen-bond donors (Lipinski definition) is 4. The molecule has 19 heteroatoms. The highest BCUT2D eigenvalue weighted by molar-refractivity contribution is 7.99. The molecule has 0 spiro atoms. The molecule has 0 amide bonds. The van der Waals surface area contributed by atoms with Crippen LogP contribution in [0.1, 0.15) is 30.0 Å². The third-order valence-electron chi connectivity index (χ3n) is 11.1. The van der Waals surface area contributed by atoms with Gasteiger partial charge in [0.25, 0.3) is 5.69 Å². The number of benzene rings is 4. The lowest BCUT2D eigenvalue weighted by Gasteiger charge is -2.30. The minimum absolute atomic E-state index is 0.147. The van der Waals surface area contributed by atoms with Crippen molar-refractivity contribution in [1.82, 2.24) is 21.3 Å². The number of para-hydroxylation sites is 1. The van der Waals surface area contributed by atoms with Crippen molar-refractivity contribution in [3.8, 4) is 0 Å². The van der Waals surface area contributed by atoms with Crippen molar-refractivity contribution in [2.45, 2.75) is 37.5 Å². The van der Waals surface area contributed by atoms with E-state index in [9.17, 15) is 36.5 Å². The molecule has 0 aromatic heterocycles. The summed E-state index contributed by atoms with van der Waals surface area (Å²) in [4.78, 5) is 20.1. The van der Waals surface area contributed by atoms with Crippen LogP contribution in [0.25, 0.3) is 0 Å². The van der Waals surface area contributed by atoms with Gasteiger partial charge in [-0.25, -0.2) is 0 Å². The maximum atomic E-state index is 12.8. The zero-order valence-corrected chi connectivity index (χ0v) is 38.5. The number of non-ortho nitro benzene ring substituents is 1. The molecule has 4 heterocycles. The Hall–Kier alpha value is -4.46. The molecule has 11 nitrogen and oxygen atoms in total. The van der Waals surface area contributed by atoms with Crippen LogP contribution in [0.3, 0.4) is 0 Å². The first-order chi connectivity index (χ1) is 31.2. The number of nitro benzene ring substituents is 1. The van der Waals surface area contributed by atoms with Gasteiger partial charge in [-0.05, 0) is 79.3 Å². The van der Waals surface area contributed by atoms with E-state index in [4.69, 9.17) is 11.6 Å². The summed E-state index contributed by atoms with van der Waals surface area (Å²) in [5.74, 6) is 1.21. The van der Waals surface area contributed by atoms with Crippen molar-refractivity contribution in [2.24, 2.45) is 0 Å². The molecule has 65 heavy (non-hydrogen) atoms. The SMILES string of the molecule is CCCSc1ccccc1N1CCNCC1.Cc1ccc(N2CCNCC2)cc1C(F)(F)F.FC(F)(F)c1cc(N2CCNCC2)ccc1Cl.O=[N+]([O-])c1ccc(N2CCNCC2)cc1. The van der Waals surface area contributed by atoms with Gasteiger partial charge in [0.1, 0.15) is 0 Å². The Morgan fingerprint density at radius 1 is 0.600 bits per heavy atom. The standard InChI is InChI=1S/C13H20N2S.C12H15F3N2.C11H12ClF3N2.C10H13N3O2/c1-2-11-16-13-6-4-3-5-12(13)15-9-7-14-8-10-15;1-9-2-3-10(8-11(9)12(13,14)15)17-6-4-16-5-7-17;12-10-2-1-8(7-9(10)11(13,14)15)17-5-3-16-4-6-17;14-13(15)10-3-1-9(2-4-10)12-7-5-11-6-8-12/h3-6,14H,2,7-11H2,1H3;2-3,8,16H,4-7H2,1H3;1-2,7,16H,3-6H2;1-4,11H,5-8H2. The smallest absolute Gasteiger partial charge is 0.369 e. The fourth-order valence-corrected chi connectivity index (χ4v) is 8.72. The highest BCUT2D eigenvalue weighted by Gasteiger charge is 2.34. The van der Waals surface area contributed by atoms with Crippen LogP contribution in [-0.4, -0.2) is 115 Å². The first-order valence-corrected chi connectivity index (χ1v) is 23.4. The van der Waals surface area contributed by atoms with Crippen LogP contribution in [-0.2, 0) is 12.4 Å². The molecule has 4 aromatic rings. The van der Waals surface area contributed by atoms with Gasteiger partial charge in [0.15, 0.2) is 0 Å². The quantitative estimate of drug-likeness (QED) is 0.0590. The fraction of sp³-hybridized carbons (Fsp3) is 0.478. The van der Waals surface area contributed by atoms with Crippen molar-refractivity contribution in [3.05, 3.63) is 117 Å². The minimum Gasteiger partial charge on any atom is -0.369 e. The molecule has 4 aliphatic rings. The first kappa shape index (κ1) is 51.5. The number of aryl methyl sites for hydroxylation is 1. The highest BCUT2D eigenvalue weighted by Crippen LogP contribution is 2.37. The number of hydrogen-bond acceptors (Lipinski definition) is 11. The van der Waals surface area contributed by atoms with Gasteiger partial charge in [0, 0.05) is 139 Å². The van der Waals surface area contributed by atoms with E-state index in [0.29, 0.717) is 24.5 Å². The Morgan fingerprint density at radius 2 is 1.02 bits per heavy atom. The van der Waals surface area contributed by atoms with Gasteiger partial charge >= 0.3 is 12.4 Å². The molecule has 4 fully saturated rings. The second-order valence-corrected chi connectivity index (χ2v) is 17.2. The van der Waals surface area contributed by atoms with Crippen LogP contribution in [0.5, 0.6) is 0 Å². The molecule has 0 bridgehead atoms. The number of halogens is 7. The van der Waals surface area contributed by atoms with E-state index in [0.717, 1.165) is 103 Å². The molecule has 4 N–H and O–H groups in total. The van der Waals surface area contributed by atoms with E-state index in [2.05, 4.69) is 62.3 Å². The van der Waals surface area contributed by atoms with Gasteiger partial charge in [0.05, 0.1) is 26.8 Å². The summed E-state index contributed by atoms with van der Waals surface area (Å²) < 4.78 is 76.3. The minimum atomic E-state index is -4.40. The number of anilines is 4. The van der Waals surface area contributed by atoms with E-state index < -0.39 is 23.5 Å². The zero-order chi connectivity index (χ0) is 46.8. The van der Waals surface area contributed by atoms with Gasteiger partial charge in [-0.15, -0.1) is 11.8 Å². The molecule has 4 aliphatic heterocycles. The largest absolute Gasteiger partial charge is 0.417 e. The fourth-order valence-electron chi connectivity index (χ4n) is 7.55. The van der Waals surface area contributed by atoms with Crippen LogP contribution in [0.15, 0.2) is 89.8 Å². The van der Waals surface area contributed by atoms with E-state index >= 15 is 0 Å². The Kier molecular flexibility index (Phi) is 20.2. The third-order valence-corrected chi connectivity index (χ3v) is 12.7. The summed E-state index contributed by atoms with van der Waals surface area (Å²) >= 11 is 7.55. The Morgan fingerprint density at radius 3 is 1.48 bits per heavy atom. The van der Waals surface area contributed by atoms with Crippen molar-refractivity contribution in [1.29, 1.82) is 0 Å².